The fourth-order valence-corrected chi connectivity index (χ4v) is 3.12. The van der Waals surface area contributed by atoms with Gasteiger partial charge in [0.05, 0.1) is 18.8 Å². The third kappa shape index (κ3) is 4.55. The lowest BCUT2D eigenvalue weighted by Crippen LogP contribution is -2.52. The number of carbonyl (C=O) groups excluding carboxylic acids is 1. The molecule has 0 saturated carbocycles. The van der Waals surface area contributed by atoms with Gasteiger partial charge in [-0.3, -0.25) is 4.90 Å². The minimum atomic E-state index is -0.524. The molecule has 1 fully saturated rings. The van der Waals surface area contributed by atoms with E-state index in [1.807, 2.05) is 39.0 Å². The van der Waals surface area contributed by atoms with Crippen molar-refractivity contribution in [2.75, 3.05) is 39.6 Å². The lowest BCUT2D eigenvalue weighted by Gasteiger charge is -2.31. The van der Waals surface area contributed by atoms with Gasteiger partial charge in [-0.05, 0) is 38.5 Å². The molecular weight excluding hydrogens is 322 g/mol. The summed E-state index contributed by atoms with van der Waals surface area (Å²) in [4.78, 5) is 14.7. The second-order valence-corrected chi connectivity index (χ2v) is 7.11. The maximum Gasteiger partial charge on any atom is 0.315 e. The molecule has 1 saturated heterocycles. The molecule has 0 aliphatic carbocycles. The minimum absolute atomic E-state index is 0.0608. The predicted molar refractivity (Wildman–Crippen MR) is 94.0 cm³/mol. The highest BCUT2D eigenvalue weighted by Crippen LogP contribution is 2.35. The normalized spacial score (nSPS) is 18.7. The molecule has 1 atom stereocenters. The van der Waals surface area contributed by atoms with Crippen molar-refractivity contribution in [2.45, 2.75) is 32.4 Å². The van der Waals surface area contributed by atoms with Crippen LogP contribution in [0, 0.1) is 0 Å². The van der Waals surface area contributed by atoms with Crippen LogP contribution in [0.15, 0.2) is 18.2 Å². The topological polar surface area (TPSA) is 72.1 Å². The summed E-state index contributed by atoms with van der Waals surface area (Å²) >= 11 is 0. The van der Waals surface area contributed by atoms with Crippen LogP contribution in [0.25, 0.3) is 0 Å². The Labute approximate surface area is 148 Å². The monoisotopic (exact) mass is 349 g/mol. The molecule has 2 amide bonds. The van der Waals surface area contributed by atoms with Crippen LogP contribution < -0.4 is 20.1 Å². The number of hydrogen-bond donors (Lipinski definition) is 2. The Hall–Kier alpha value is -1.99. The first kappa shape index (κ1) is 17.8. The van der Waals surface area contributed by atoms with Gasteiger partial charge in [0.2, 0.25) is 6.79 Å². The van der Waals surface area contributed by atoms with Crippen molar-refractivity contribution in [3.63, 3.8) is 0 Å². The van der Waals surface area contributed by atoms with Crippen molar-refractivity contribution >= 4 is 6.03 Å². The standard InChI is InChI=1S/C18H27N3O4/c1-13(11-21-6-8-23-9-7-21)19-17(22)20-18(2,3)14-4-5-15-16(10-14)25-12-24-15/h4-5,10,13H,6-9,11-12H2,1-3H3,(H2,19,20,22)/t13-/m0/s1. The first-order chi connectivity index (χ1) is 11.9. The Bertz CT molecular complexity index is 614. The SMILES string of the molecule is C[C@@H](CN1CCOCC1)NC(=O)NC(C)(C)c1ccc2c(c1)OCO2. The molecule has 0 unspecified atom stereocenters. The lowest BCUT2D eigenvalue weighted by atomic mass is 9.94. The summed E-state index contributed by atoms with van der Waals surface area (Å²) < 4.78 is 16.1. The average Bonchev–Trinajstić information content (AvgIpc) is 3.02. The van der Waals surface area contributed by atoms with E-state index in [4.69, 9.17) is 14.2 Å². The van der Waals surface area contributed by atoms with Gasteiger partial charge in [0.25, 0.3) is 0 Å². The summed E-state index contributed by atoms with van der Waals surface area (Å²) in [6.45, 7) is 10.4. The molecule has 7 heteroatoms. The Morgan fingerprint density at radius 2 is 1.96 bits per heavy atom. The molecule has 25 heavy (non-hydrogen) atoms. The van der Waals surface area contributed by atoms with Crippen LogP contribution in [0.5, 0.6) is 11.5 Å². The smallest absolute Gasteiger partial charge is 0.315 e. The maximum absolute atomic E-state index is 12.4. The van der Waals surface area contributed by atoms with Crippen LogP contribution in [0.2, 0.25) is 0 Å². The number of rotatable bonds is 5. The largest absolute Gasteiger partial charge is 0.454 e. The summed E-state index contributed by atoms with van der Waals surface area (Å²) in [5.41, 5.74) is 0.441. The molecule has 2 N–H and O–H groups in total. The van der Waals surface area contributed by atoms with Crippen LogP contribution >= 0.6 is 0 Å². The summed E-state index contributed by atoms with van der Waals surface area (Å²) in [7, 11) is 0. The molecule has 1 aromatic rings. The number of carbonyl (C=O) groups is 1. The number of nitrogens with zero attached hydrogens (tertiary/aromatic N) is 1. The third-order valence-electron chi connectivity index (χ3n) is 4.53. The van der Waals surface area contributed by atoms with Gasteiger partial charge >= 0.3 is 6.03 Å². The molecule has 1 aromatic carbocycles. The summed E-state index contributed by atoms with van der Waals surface area (Å²) in [6.07, 6.45) is 0. The summed E-state index contributed by atoms with van der Waals surface area (Å²) in [6, 6.07) is 5.62. The molecule has 0 bridgehead atoms. The molecule has 138 valence electrons. The fourth-order valence-electron chi connectivity index (χ4n) is 3.12. The Balaban J connectivity index is 1.53. The van der Waals surface area contributed by atoms with E-state index in [2.05, 4.69) is 15.5 Å². The van der Waals surface area contributed by atoms with Crippen molar-refractivity contribution in [1.82, 2.24) is 15.5 Å². The zero-order valence-corrected chi connectivity index (χ0v) is 15.1. The van der Waals surface area contributed by atoms with Crippen molar-refractivity contribution in [2.24, 2.45) is 0 Å². The van der Waals surface area contributed by atoms with Crippen LogP contribution in [0.1, 0.15) is 26.3 Å². The maximum atomic E-state index is 12.4. The first-order valence-electron chi connectivity index (χ1n) is 8.73. The van der Waals surface area contributed by atoms with E-state index in [1.165, 1.54) is 0 Å². The summed E-state index contributed by atoms with van der Waals surface area (Å²) in [5, 5.41) is 6.06. The number of urea groups is 1. The van der Waals surface area contributed by atoms with E-state index < -0.39 is 5.54 Å². The van der Waals surface area contributed by atoms with E-state index in [0.29, 0.717) is 5.75 Å². The van der Waals surface area contributed by atoms with E-state index in [1.54, 1.807) is 0 Å². The van der Waals surface area contributed by atoms with Gasteiger partial charge in [-0.1, -0.05) is 6.07 Å². The highest BCUT2D eigenvalue weighted by Gasteiger charge is 2.26. The molecule has 7 nitrogen and oxygen atoms in total. The predicted octanol–water partition coefficient (Wildman–Crippen LogP) is 1.67. The molecule has 2 heterocycles. The summed E-state index contributed by atoms with van der Waals surface area (Å²) in [5.74, 6) is 1.46. The van der Waals surface area contributed by atoms with Crippen LogP contribution in [0.4, 0.5) is 4.79 Å². The lowest BCUT2D eigenvalue weighted by molar-refractivity contribution is 0.0348. The molecule has 2 aliphatic heterocycles. The van der Waals surface area contributed by atoms with Crippen molar-refractivity contribution in [3.8, 4) is 11.5 Å². The third-order valence-corrected chi connectivity index (χ3v) is 4.53. The highest BCUT2D eigenvalue weighted by atomic mass is 16.7. The van der Waals surface area contributed by atoms with Crippen LogP contribution in [-0.2, 0) is 10.3 Å². The average molecular weight is 349 g/mol. The fraction of sp³-hybridized carbons (Fsp3) is 0.611. The molecule has 0 aromatic heterocycles. The van der Waals surface area contributed by atoms with Gasteiger partial charge in [0.15, 0.2) is 11.5 Å². The molecule has 0 radical (unpaired) electrons. The molecule has 2 aliphatic rings. The number of amides is 2. The van der Waals surface area contributed by atoms with Crippen molar-refractivity contribution in [1.29, 1.82) is 0 Å². The Morgan fingerprint density at radius 3 is 2.72 bits per heavy atom. The van der Waals surface area contributed by atoms with E-state index in [-0.39, 0.29) is 18.9 Å². The van der Waals surface area contributed by atoms with Gasteiger partial charge in [0, 0.05) is 25.7 Å². The van der Waals surface area contributed by atoms with Gasteiger partial charge in [-0.2, -0.15) is 0 Å². The van der Waals surface area contributed by atoms with E-state index >= 15 is 0 Å². The van der Waals surface area contributed by atoms with Gasteiger partial charge in [-0.25, -0.2) is 4.79 Å². The van der Waals surface area contributed by atoms with E-state index in [0.717, 1.165) is 44.2 Å². The minimum Gasteiger partial charge on any atom is -0.454 e. The number of morpholine rings is 1. The second-order valence-electron chi connectivity index (χ2n) is 7.11. The molecule has 3 rings (SSSR count). The second kappa shape index (κ2) is 7.49. The van der Waals surface area contributed by atoms with Gasteiger partial charge in [-0.15, -0.1) is 0 Å². The van der Waals surface area contributed by atoms with Gasteiger partial charge in [0.1, 0.15) is 0 Å². The number of benzene rings is 1. The zero-order chi connectivity index (χ0) is 17.9. The van der Waals surface area contributed by atoms with Crippen molar-refractivity contribution in [3.05, 3.63) is 23.8 Å². The van der Waals surface area contributed by atoms with Crippen molar-refractivity contribution < 1.29 is 19.0 Å². The number of nitrogens with one attached hydrogen (secondary N) is 2. The highest BCUT2D eigenvalue weighted by molar-refractivity contribution is 5.75. The number of hydrogen-bond acceptors (Lipinski definition) is 5. The van der Waals surface area contributed by atoms with E-state index in [9.17, 15) is 4.79 Å². The first-order valence-corrected chi connectivity index (χ1v) is 8.73. The Morgan fingerprint density at radius 1 is 1.24 bits per heavy atom. The number of fused-ring (bicyclic) bond motifs is 1. The number of ether oxygens (including phenoxy) is 3. The molecular formula is C18H27N3O4. The van der Waals surface area contributed by atoms with Crippen LogP contribution in [-0.4, -0.2) is 56.6 Å². The quantitative estimate of drug-likeness (QED) is 0.846. The van der Waals surface area contributed by atoms with Gasteiger partial charge < -0.3 is 24.8 Å². The Kier molecular flexibility index (Phi) is 5.34. The zero-order valence-electron chi connectivity index (χ0n) is 15.1. The van der Waals surface area contributed by atoms with Crippen LogP contribution in [0.3, 0.4) is 0 Å². The molecule has 0 spiro atoms.